The van der Waals surface area contributed by atoms with Gasteiger partial charge in [-0.3, -0.25) is 14.4 Å². The molecule has 0 radical (unpaired) electrons. The van der Waals surface area contributed by atoms with E-state index < -0.39 is 29.8 Å². The highest BCUT2D eigenvalue weighted by Gasteiger charge is 2.38. The maximum absolute atomic E-state index is 12.3. The van der Waals surface area contributed by atoms with Gasteiger partial charge in [-0.15, -0.1) is 0 Å². The Balaban J connectivity index is 2.25. The number of fused-ring (bicyclic) bond motifs is 1. The number of imide groups is 1. The van der Waals surface area contributed by atoms with Crippen LogP contribution in [-0.2, 0) is 4.79 Å². The number of carboxylic acid groups (broad SMARTS) is 2. The number of rotatable bonds is 7. The highest BCUT2D eigenvalue weighted by molar-refractivity contribution is 7.98. The summed E-state index contributed by atoms with van der Waals surface area (Å²) in [4.78, 5) is 46.7. The van der Waals surface area contributed by atoms with Crippen molar-refractivity contribution in [2.45, 2.75) is 12.5 Å². The molecule has 1 aromatic rings. The van der Waals surface area contributed by atoms with Gasteiger partial charge in [0.1, 0.15) is 6.04 Å². The van der Waals surface area contributed by atoms with Crippen molar-refractivity contribution in [3.05, 3.63) is 34.9 Å². The van der Waals surface area contributed by atoms with Gasteiger partial charge in [0.25, 0.3) is 11.8 Å². The predicted octanol–water partition coefficient (Wildman–Crippen LogP) is 0.692. The summed E-state index contributed by atoms with van der Waals surface area (Å²) in [5, 5.41) is 18.7. The largest absolute Gasteiger partial charge is 0.480 e. The molecule has 0 fully saturated rings. The van der Waals surface area contributed by atoms with Crippen molar-refractivity contribution in [1.29, 1.82) is 0 Å². The first kappa shape index (κ1) is 17.0. The second kappa shape index (κ2) is 6.80. The minimum absolute atomic E-state index is 0.0431. The van der Waals surface area contributed by atoms with Crippen molar-refractivity contribution >= 4 is 35.5 Å². The lowest BCUT2D eigenvalue weighted by Crippen LogP contribution is -2.51. The molecule has 0 spiro atoms. The molecule has 9 heteroatoms. The van der Waals surface area contributed by atoms with Gasteiger partial charge in [0.15, 0.2) is 0 Å². The van der Waals surface area contributed by atoms with Crippen molar-refractivity contribution in [1.82, 2.24) is 10.4 Å². The van der Waals surface area contributed by atoms with E-state index in [1.54, 1.807) is 0 Å². The zero-order chi connectivity index (χ0) is 17.1. The van der Waals surface area contributed by atoms with E-state index in [-0.39, 0.29) is 23.1 Å². The van der Waals surface area contributed by atoms with E-state index in [4.69, 9.17) is 10.2 Å². The van der Waals surface area contributed by atoms with Crippen LogP contribution in [0.25, 0.3) is 0 Å². The van der Waals surface area contributed by atoms with Crippen LogP contribution in [0.15, 0.2) is 18.2 Å². The summed E-state index contributed by atoms with van der Waals surface area (Å²) >= 11 is 1.44. The molecule has 0 unspecified atom stereocenters. The zero-order valence-electron chi connectivity index (χ0n) is 12.1. The lowest BCUT2D eigenvalue weighted by atomic mass is 10.1. The number of nitrogens with one attached hydrogen (secondary N) is 1. The molecule has 0 aromatic heterocycles. The summed E-state index contributed by atoms with van der Waals surface area (Å²) in [6, 6.07) is 2.48. The Hall–Kier alpha value is -2.39. The molecule has 1 aliphatic heterocycles. The van der Waals surface area contributed by atoms with Crippen LogP contribution in [0.3, 0.4) is 0 Å². The minimum Gasteiger partial charge on any atom is -0.480 e. The molecule has 2 amide bonds. The summed E-state index contributed by atoms with van der Waals surface area (Å²) in [6.07, 6.45) is 2.04. The number of amides is 2. The van der Waals surface area contributed by atoms with Gasteiger partial charge in [0.2, 0.25) is 0 Å². The molecule has 8 nitrogen and oxygen atoms in total. The number of thioether (sulfide) groups is 1. The fourth-order valence-corrected chi connectivity index (χ4v) is 2.60. The fraction of sp³-hybridized carbons (Fsp3) is 0.286. The van der Waals surface area contributed by atoms with E-state index in [9.17, 15) is 19.2 Å². The highest BCUT2D eigenvalue weighted by atomic mass is 32.2. The molecule has 0 bridgehead atoms. The van der Waals surface area contributed by atoms with E-state index in [1.807, 2.05) is 6.26 Å². The molecule has 1 aromatic carbocycles. The number of benzene rings is 1. The molecule has 2 rings (SSSR count). The van der Waals surface area contributed by atoms with Gasteiger partial charge in [-0.05, 0) is 36.6 Å². The Morgan fingerprint density at radius 2 is 1.87 bits per heavy atom. The number of nitrogens with zero attached hydrogens (tertiary/aromatic N) is 1. The first-order valence-corrected chi connectivity index (χ1v) is 8.00. The summed E-state index contributed by atoms with van der Waals surface area (Å²) in [5.41, 5.74) is 2.28. The lowest BCUT2D eigenvalue weighted by molar-refractivity contribution is -0.140. The number of hydrogen-bond donors (Lipinski definition) is 3. The molecule has 1 aliphatic rings. The van der Waals surface area contributed by atoms with Gasteiger partial charge in [-0.25, -0.2) is 15.2 Å². The van der Waals surface area contributed by atoms with Crippen LogP contribution in [0, 0.1) is 0 Å². The van der Waals surface area contributed by atoms with Crippen LogP contribution in [-0.4, -0.2) is 57.0 Å². The molecule has 122 valence electrons. The molecule has 0 aliphatic carbocycles. The van der Waals surface area contributed by atoms with Crippen molar-refractivity contribution in [2.24, 2.45) is 0 Å². The second-order valence-corrected chi connectivity index (χ2v) is 5.80. The SMILES string of the molecule is CSCC[C@H](NN1C(=O)c2ccc(C(=O)O)cc2C1=O)C(=O)O. The first-order valence-electron chi connectivity index (χ1n) is 6.61. The number of aliphatic carboxylic acids is 1. The monoisotopic (exact) mass is 338 g/mol. The van der Waals surface area contributed by atoms with E-state index in [0.29, 0.717) is 10.8 Å². The number of carboxylic acids is 2. The molecule has 0 saturated carbocycles. The Morgan fingerprint density at radius 3 is 2.43 bits per heavy atom. The normalized spacial score (nSPS) is 14.7. The molecular weight excluding hydrogens is 324 g/mol. The summed E-state index contributed by atoms with van der Waals surface area (Å²) in [6.45, 7) is 0. The van der Waals surface area contributed by atoms with Crippen LogP contribution < -0.4 is 5.43 Å². The zero-order valence-corrected chi connectivity index (χ0v) is 12.9. The van der Waals surface area contributed by atoms with Gasteiger partial charge < -0.3 is 10.2 Å². The molecule has 23 heavy (non-hydrogen) atoms. The van der Waals surface area contributed by atoms with Crippen molar-refractivity contribution in [3.8, 4) is 0 Å². The van der Waals surface area contributed by atoms with E-state index in [0.717, 1.165) is 6.07 Å². The van der Waals surface area contributed by atoms with Crippen LogP contribution in [0.1, 0.15) is 37.5 Å². The number of hydrazine groups is 1. The third-order valence-electron chi connectivity index (χ3n) is 3.33. The maximum Gasteiger partial charge on any atom is 0.335 e. The van der Waals surface area contributed by atoms with E-state index in [1.165, 1.54) is 23.9 Å². The average Bonchev–Trinajstić information content (AvgIpc) is 2.75. The second-order valence-electron chi connectivity index (χ2n) is 4.81. The Morgan fingerprint density at radius 1 is 1.22 bits per heavy atom. The minimum atomic E-state index is -1.22. The third-order valence-corrected chi connectivity index (χ3v) is 3.97. The summed E-state index contributed by atoms with van der Waals surface area (Å²) in [5.74, 6) is -3.32. The maximum atomic E-state index is 12.3. The van der Waals surface area contributed by atoms with Gasteiger partial charge in [0, 0.05) is 0 Å². The molecule has 0 saturated heterocycles. The van der Waals surface area contributed by atoms with Gasteiger partial charge in [0.05, 0.1) is 16.7 Å². The Bertz CT molecular complexity index is 690. The number of carbonyl (C=O) groups excluding carboxylic acids is 2. The number of aromatic carboxylic acids is 1. The van der Waals surface area contributed by atoms with E-state index >= 15 is 0 Å². The van der Waals surface area contributed by atoms with Crippen LogP contribution >= 0.6 is 11.8 Å². The topological polar surface area (TPSA) is 124 Å². The summed E-state index contributed by atoms with van der Waals surface area (Å²) in [7, 11) is 0. The van der Waals surface area contributed by atoms with Crippen molar-refractivity contribution in [3.63, 3.8) is 0 Å². The van der Waals surface area contributed by atoms with Gasteiger partial charge >= 0.3 is 11.9 Å². The fourth-order valence-electron chi connectivity index (χ4n) is 2.13. The van der Waals surface area contributed by atoms with Crippen molar-refractivity contribution < 1.29 is 29.4 Å². The Labute approximate surface area is 135 Å². The van der Waals surface area contributed by atoms with Crippen LogP contribution in [0.4, 0.5) is 0 Å². The van der Waals surface area contributed by atoms with Gasteiger partial charge in [-0.1, -0.05) is 0 Å². The molecule has 3 N–H and O–H groups in total. The lowest BCUT2D eigenvalue weighted by Gasteiger charge is -2.20. The van der Waals surface area contributed by atoms with Crippen LogP contribution in [0.5, 0.6) is 0 Å². The molecule has 1 heterocycles. The average molecular weight is 338 g/mol. The smallest absolute Gasteiger partial charge is 0.335 e. The predicted molar refractivity (Wildman–Crippen MR) is 81.5 cm³/mol. The highest BCUT2D eigenvalue weighted by Crippen LogP contribution is 2.23. The van der Waals surface area contributed by atoms with Crippen LogP contribution in [0.2, 0.25) is 0 Å². The number of hydrogen-bond acceptors (Lipinski definition) is 6. The quantitative estimate of drug-likeness (QED) is 0.620. The summed E-state index contributed by atoms with van der Waals surface area (Å²) < 4.78 is 0. The van der Waals surface area contributed by atoms with Crippen molar-refractivity contribution in [2.75, 3.05) is 12.0 Å². The third kappa shape index (κ3) is 3.35. The first-order chi connectivity index (χ1) is 10.9. The number of carbonyl (C=O) groups is 4. The van der Waals surface area contributed by atoms with Gasteiger partial charge in [-0.2, -0.15) is 11.8 Å². The molecule has 1 atom stereocenters. The standard InChI is InChI=1S/C14H14N2O6S/c1-23-5-4-10(14(21)22)15-16-11(17)8-3-2-7(13(19)20)6-9(8)12(16)18/h2-3,6,10,15H,4-5H2,1H3,(H,19,20)(H,21,22)/t10-/m0/s1. The van der Waals surface area contributed by atoms with E-state index in [2.05, 4.69) is 5.43 Å². The Kier molecular flexibility index (Phi) is 5.02. The molecular formula is C14H14N2O6S.